The molecule has 1 saturated heterocycles. The van der Waals surface area contributed by atoms with Crippen LogP contribution in [0.15, 0.2) is 18.2 Å². The summed E-state index contributed by atoms with van der Waals surface area (Å²) in [5.41, 5.74) is 8.33. The SMILES string of the molecule is CC(C)c1cccc2sc(N3CCC(CN)CC3)nc12. The average Bonchev–Trinajstić information content (AvgIpc) is 2.90. The summed E-state index contributed by atoms with van der Waals surface area (Å²) in [4.78, 5) is 7.35. The second kappa shape index (κ2) is 5.70. The lowest BCUT2D eigenvalue weighted by Gasteiger charge is -2.30. The maximum absolute atomic E-state index is 5.77. The maximum Gasteiger partial charge on any atom is 0.186 e. The first-order valence-electron chi connectivity index (χ1n) is 7.53. The van der Waals surface area contributed by atoms with Crippen molar-refractivity contribution >= 4 is 26.7 Å². The van der Waals surface area contributed by atoms with Gasteiger partial charge >= 0.3 is 0 Å². The molecule has 0 spiro atoms. The molecule has 108 valence electrons. The van der Waals surface area contributed by atoms with Gasteiger partial charge in [0.15, 0.2) is 5.13 Å². The molecular formula is C16H23N3S. The molecule has 20 heavy (non-hydrogen) atoms. The molecule has 0 amide bonds. The lowest BCUT2D eigenvalue weighted by atomic mass is 9.97. The van der Waals surface area contributed by atoms with Gasteiger partial charge in [-0.15, -0.1) is 0 Å². The van der Waals surface area contributed by atoms with E-state index in [1.54, 1.807) is 0 Å². The first-order chi connectivity index (χ1) is 9.69. The summed E-state index contributed by atoms with van der Waals surface area (Å²) < 4.78 is 1.31. The third kappa shape index (κ3) is 2.54. The Morgan fingerprint density at radius 3 is 2.75 bits per heavy atom. The van der Waals surface area contributed by atoms with Gasteiger partial charge in [-0.25, -0.2) is 4.98 Å². The maximum atomic E-state index is 5.77. The monoisotopic (exact) mass is 289 g/mol. The molecule has 2 aromatic rings. The number of piperidine rings is 1. The van der Waals surface area contributed by atoms with Crippen LogP contribution in [0.2, 0.25) is 0 Å². The number of thiazole rings is 1. The van der Waals surface area contributed by atoms with Crippen LogP contribution < -0.4 is 10.6 Å². The summed E-state index contributed by atoms with van der Waals surface area (Å²) in [5, 5.41) is 1.18. The molecule has 4 heteroatoms. The van der Waals surface area contributed by atoms with E-state index in [9.17, 15) is 0 Å². The Balaban J connectivity index is 1.88. The molecule has 1 aliphatic heterocycles. The van der Waals surface area contributed by atoms with E-state index in [0.29, 0.717) is 11.8 Å². The van der Waals surface area contributed by atoms with Gasteiger partial charge in [0.05, 0.1) is 10.2 Å². The predicted octanol–water partition coefficient (Wildman–Crippen LogP) is 3.59. The van der Waals surface area contributed by atoms with Crippen LogP contribution in [-0.2, 0) is 0 Å². The lowest BCUT2D eigenvalue weighted by Crippen LogP contribution is -2.35. The number of benzene rings is 1. The Morgan fingerprint density at radius 1 is 1.35 bits per heavy atom. The van der Waals surface area contributed by atoms with Crippen molar-refractivity contribution in [1.29, 1.82) is 0 Å². The Bertz CT molecular complexity index is 582. The molecule has 1 aromatic carbocycles. The van der Waals surface area contributed by atoms with Crippen LogP contribution >= 0.6 is 11.3 Å². The van der Waals surface area contributed by atoms with Crippen molar-refractivity contribution in [2.45, 2.75) is 32.6 Å². The van der Waals surface area contributed by atoms with E-state index in [1.807, 2.05) is 11.3 Å². The van der Waals surface area contributed by atoms with E-state index in [2.05, 4.69) is 36.9 Å². The van der Waals surface area contributed by atoms with Crippen molar-refractivity contribution in [2.75, 3.05) is 24.5 Å². The quantitative estimate of drug-likeness (QED) is 0.939. The zero-order valence-corrected chi connectivity index (χ0v) is 13.1. The number of aromatic nitrogens is 1. The summed E-state index contributed by atoms with van der Waals surface area (Å²) in [6.45, 7) is 7.49. The van der Waals surface area contributed by atoms with Crippen LogP contribution in [0.25, 0.3) is 10.2 Å². The number of hydrogen-bond acceptors (Lipinski definition) is 4. The van der Waals surface area contributed by atoms with Crippen molar-refractivity contribution < 1.29 is 0 Å². The third-order valence-corrected chi connectivity index (χ3v) is 5.36. The number of fused-ring (bicyclic) bond motifs is 1. The largest absolute Gasteiger partial charge is 0.348 e. The van der Waals surface area contributed by atoms with E-state index in [4.69, 9.17) is 10.7 Å². The van der Waals surface area contributed by atoms with Crippen molar-refractivity contribution in [3.8, 4) is 0 Å². The smallest absolute Gasteiger partial charge is 0.186 e. The highest BCUT2D eigenvalue weighted by atomic mass is 32.1. The molecule has 0 atom stereocenters. The summed E-state index contributed by atoms with van der Waals surface area (Å²) >= 11 is 1.83. The topological polar surface area (TPSA) is 42.1 Å². The summed E-state index contributed by atoms with van der Waals surface area (Å²) in [5.74, 6) is 1.23. The van der Waals surface area contributed by atoms with Gasteiger partial charge in [-0.3, -0.25) is 0 Å². The van der Waals surface area contributed by atoms with Gasteiger partial charge in [-0.2, -0.15) is 0 Å². The molecule has 2 N–H and O–H groups in total. The molecule has 0 aliphatic carbocycles. The first kappa shape index (κ1) is 13.8. The number of para-hydroxylation sites is 1. The fraction of sp³-hybridized carbons (Fsp3) is 0.562. The zero-order valence-electron chi connectivity index (χ0n) is 12.3. The number of hydrogen-bond donors (Lipinski definition) is 1. The molecule has 3 rings (SSSR count). The number of nitrogens with zero attached hydrogens (tertiary/aromatic N) is 2. The Kier molecular flexibility index (Phi) is 3.94. The van der Waals surface area contributed by atoms with Crippen LogP contribution in [0.5, 0.6) is 0 Å². The van der Waals surface area contributed by atoms with Gasteiger partial charge in [0.25, 0.3) is 0 Å². The number of anilines is 1. The number of nitrogens with two attached hydrogens (primary N) is 1. The van der Waals surface area contributed by atoms with Gasteiger partial charge in [-0.1, -0.05) is 37.3 Å². The molecule has 0 bridgehead atoms. The van der Waals surface area contributed by atoms with Gasteiger partial charge in [0.1, 0.15) is 0 Å². The van der Waals surface area contributed by atoms with Crippen LogP contribution in [0.3, 0.4) is 0 Å². The first-order valence-corrected chi connectivity index (χ1v) is 8.35. The molecule has 2 heterocycles. The molecule has 1 aliphatic rings. The summed E-state index contributed by atoms with van der Waals surface area (Å²) in [6.07, 6.45) is 2.40. The predicted molar refractivity (Wildman–Crippen MR) is 87.7 cm³/mol. The second-order valence-corrected chi connectivity index (χ2v) is 7.02. The van der Waals surface area contributed by atoms with Crippen LogP contribution in [-0.4, -0.2) is 24.6 Å². The zero-order chi connectivity index (χ0) is 14.1. The minimum atomic E-state index is 0.525. The number of rotatable bonds is 3. The van der Waals surface area contributed by atoms with Crippen LogP contribution in [0.1, 0.15) is 38.2 Å². The third-order valence-electron chi connectivity index (χ3n) is 4.28. The van der Waals surface area contributed by atoms with E-state index in [1.165, 1.54) is 33.8 Å². The lowest BCUT2D eigenvalue weighted by molar-refractivity contribution is 0.414. The van der Waals surface area contributed by atoms with Crippen molar-refractivity contribution in [3.05, 3.63) is 23.8 Å². The van der Waals surface area contributed by atoms with Crippen molar-refractivity contribution in [3.63, 3.8) is 0 Å². The summed E-state index contributed by atoms with van der Waals surface area (Å²) in [6, 6.07) is 6.55. The van der Waals surface area contributed by atoms with E-state index in [0.717, 1.165) is 19.6 Å². The fourth-order valence-corrected chi connectivity index (χ4v) is 3.97. The highest BCUT2D eigenvalue weighted by molar-refractivity contribution is 7.22. The Hall–Kier alpha value is -1.13. The Labute approximate surface area is 124 Å². The summed E-state index contributed by atoms with van der Waals surface area (Å²) in [7, 11) is 0. The van der Waals surface area contributed by atoms with Crippen LogP contribution in [0.4, 0.5) is 5.13 Å². The molecule has 3 nitrogen and oxygen atoms in total. The molecule has 1 fully saturated rings. The van der Waals surface area contributed by atoms with Crippen LogP contribution in [0, 0.1) is 5.92 Å². The van der Waals surface area contributed by atoms with E-state index in [-0.39, 0.29) is 0 Å². The fourth-order valence-electron chi connectivity index (χ4n) is 2.92. The molecule has 0 radical (unpaired) electrons. The normalized spacial score (nSPS) is 17.3. The van der Waals surface area contributed by atoms with Gasteiger partial charge in [0.2, 0.25) is 0 Å². The molecule has 1 aromatic heterocycles. The van der Waals surface area contributed by atoms with Gasteiger partial charge in [0, 0.05) is 13.1 Å². The second-order valence-electron chi connectivity index (χ2n) is 6.01. The van der Waals surface area contributed by atoms with Crippen molar-refractivity contribution in [1.82, 2.24) is 4.98 Å². The molecular weight excluding hydrogens is 266 g/mol. The highest BCUT2D eigenvalue weighted by Crippen LogP contribution is 2.34. The Morgan fingerprint density at radius 2 is 2.10 bits per heavy atom. The van der Waals surface area contributed by atoms with Crippen molar-refractivity contribution in [2.24, 2.45) is 11.7 Å². The minimum Gasteiger partial charge on any atom is -0.348 e. The average molecular weight is 289 g/mol. The minimum absolute atomic E-state index is 0.525. The molecule has 0 saturated carbocycles. The molecule has 0 unspecified atom stereocenters. The van der Waals surface area contributed by atoms with Gasteiger partial charge < -0.3 is 10.6 Å². The van der Waals surface area contributed by atoms with E-state index >= 15 is 0 Å². The van der Waals surface area contributed by atoms with E-state index < -0.39 is 0 Å². The standard InChI is InChI=1S/C16H23N3S/c1-11(2)13-4-3-5-14-15(13)18-16(20-14)19-8-6-12(10-17)7-9-19/h3-5,11-12H,6-10,17H2,1-2H3. The van der Waals surface area contributed by atoms with Gasteiger partial charge in [-0.05, 0) is 42.9 Å². The highest BCUT2D eigenvalue weighted by Gasteiger charge is 2.21.